The minimum Gasteiger partial charge on any atom is -0.481 e. The molecule has 0 atom stereocenters. The van der Waals surface area contributed by atoms with E-state index in [-0.39, 0.29) is 5.75 Å². The summed E-state index contributed by atoms with van der Waals surface area (Å²) in [5, 5.41) is 10.5. The maximum absolute atomic E-state index is 10.7. The fraction of sp³-hybridized carbons (Fsp3) is 0.357. The Kier molecular flexibility index (Phi) is 3.38. The average Bonchev–Trinajstić information content (AvgIpc) is 2.33. The number of hydrogen-bond donors (Lipinski definition) is 1. The van der Waals surface area contributed by atoms with Crippen LogP contribution in [0.5, 0.6) is 0 Å². The number of thioether (sulfide) groups is 1. The zero-order chi connectivity index (χ0) is 13.2. The first-order valence-corrected chi connectivity index (χ1v) is 7.34. The van der Waals surface area contributed by atoms with E-state index in [1.165, 1.54) is 18.2 Å². The number of hydrogen-bond acceptors (Lipinski definition) is 4. The van der Waals surface area contributed by atoms with Gasteiger partial charge in [-0.2, -0.15) is 0 Å². The molecule has 1 heterocycles. The minimum absolute atomic E-state index is 0.0329. The molecule has 1 aliphatic carbocycles. The maximum atomic E-state index is 10.7. The van der Waals surface area contributed by atoms with Crippen LogP contribution >= 0.6 is 11.8 Å². The molecule has 1 N–H and O–H groups in total. The van der Waals surface area contributed by atoms with Crippen LogP contribution in [0.1, 0.15) is 31.0 Å². The molecule has 0 saturated heterocycles. The van der Waals surface area contributed by atoms with E-state index < -0.39 is 5.97 Å². The zero-order valence-corrected chi connectivity index (χ0v) is 11.2. The lowest BCUT2D eigenvalue weighted by molar-refractivity contribution is -0.133. The van der Waals surface area contributed by atoms with E-state index in [2.05, 4.69) is 9.97 Å². The molecule has 0 unspecified atom stereocenters. The monoisotopic (exact) mass is 274 g/mol. The third kappa shape index (κ3) is 2.56. The number of para-hydroxylation sites is 1. The number of carboxylic acid groups (broad SMARTS) is 1. The van der Waals surface area contributed by atoms with Gasteiger partial charge in [-0.1, -0.05) is 36.4 Å². The number of fused-ring (bicyclic) bond motifs is 1. The van der Waals surface area contributed by atoms with Crippen LogP contribution in [0, 0.1) is 0 Å². The SMILES string of the molecule is O=C(O)CSc1nc(C2CCC2)nc2ccccc12. The van der Waals surface area contributed by atoms with Crippen molar-refractivity contribution < 1.29 is 9.90 Å². The summed E-state index contributed by atoms with van der Waals surface area (Å²) >= 11 is 1.27. The second kappa shape index (κ2) is 5.17. The summed E-state index contributed by atoms with van der Waals surface area (Å²) in [6.45, 7) is 0. The summed E-state index contributed by atoms with van der Waals surface area (Å²) in [5.74, 6) is 0.537. The van der Waals surface area contributed by atoms with Crippen molar-refractivity contribution in [1.82, 2.24) is 9.97 Å². The lowest BCUT2D eigenvalue weighted by atomic mass is 9.85. The van der Waals surface area contributed by atoms with E-state index in [0.717, 1.165) is 34.6 Å². The fourth-order valence-corrected chi connectivity index (χ4v) is 2.90. The molecule has 1 aromatic carbocycles. The van der Waals surface area contributed by atoms with E-state index in [0.29, 0.717) is 5.92 Å². The topological polar surface area (TPSA) is 63.1 Å². The van der Waals surface area contributed by atoms with Gasteiger partial charge in [0.25, 0.3) is 0 Å². The van der Waals surface area contributed by atoms with E-state index in [1.807, 2.05) is 24.3 Å². The first kappa shape index (κ1) is 12.4. The highest BCUT2D eigenvalue weighted by Gasteiger charge is 2.23. The Morgan fingerprint density at radius 1 is 1.32 bits per heavy atom. The Morgan fingerprint density at radius 3 is 2.79 bits per heavy atom. The van der Waals surface area contributed by atoms with Gasteiger partial charge in [0.15, 0.2) is 0 Å². The van der Waals surface area contributed by atoms with Crippen molar-refractivity contribution in [1.29, 1.82) is 0 Å². The second-order valence-corrected chi connectivity index (χ2v) is 5.68. The summed E-state index contributed by atoms with van der Waals surface area (Å²) in [4.78, 5) is 19.9. The fourth-order valence-electron chi connectivity index (χ4n) is 2.15. The predicted molar refractivity (Wildman–Crippen MR) is 74.5 cm³/mol. The third-order valence-electron chi connectivity index (χ3n) is 3.39. The Morgan fingerprint density at radius 2 is 2.11 bits per heavy atom. The number of aliphatic carboxylic acids is 1. The van der Waals surface area contributed by atoms with Crippen LogP contribution < -0.4 is 0 Å². The maximum Gasteiger partial charge on any atom is 0.313 e. The van der Waals surface area contributed by atoms with Gasteiger partial charge in [-0.05, 0) is 18.9 Å². The van der Waals surface area contributed by atoms with Gasteiger partial charge in [0.2, 0.25) is 0 Å². The summed E-state index contributed by atoms with van der Waals surface area (Å²) in [6, 6.07) is 7.79. The molecule has 3 rings (SSSR count). The predicted octanol–water partition coefficient (Wildman–Crippen LogP) is 3.07. The summed E-state index contributed by atoms with van der Waals surface area (Å²) in [7, 11) is 0. The Bertz CT molecular complexity index is 626. The summed E-state index contributed by atoms with van der Waals surface area (Å²) in [5.41, 5.74) is 0.910. The van der Waals surface area contributed by atoms with Crippen LogP contribution in [0.3, 0.4) is 0 Å². The van der Waals surface area contributed by atoms with Crippen LogP contribution in [0.15, 0.2) is 29.3 Å². The van der Waals surface area contributed by atoms with E-state index >= 15 is 0 Å². The van der Waals surface area contributed by atoms with Crippen molar-refractivity contribution in [3.8, 4) is 0 Å². The van der Waals surface area contributed by atoms with Gasteiger partial charge in [-0.25, -0.2) is 9.97 Å². The lowest BCUT2D eigenvalue weighted by Crippen LogP contribution is -2.13. The van der Waals surface area contributed by atoms with Crippen LogP contribution in [0.25, 0.3) is 10.9 Å². The smallest absolute Gasteiger partial charge is 0.313 e. The highest BCUT2D eigenvalue weighted by atomic mass is 32.2. The molecular weight excluding hydrogens is 260 g/mol. The number of nitrogens with zero attached hydrogens (tertiary/aromatic N) is 2. The zero-order valence-electron chi connectivity index (χ0n) is 10.4. The number of rotatable bonds is 4. The molecule has 0 amide bonds. The first-order chi connectivity index (χ1) is 9.24. The lowest BCUT2D eigenvalue weighted by Gasteiger charge is -2.24. The quantitative estimate of drug-likeness (QED) is 0.685. The van der Waals surface area contributed by atoms with Crippen LogP contribution in [-0.2, 0) is 4.79 Å². The molecule has 1 saturated carbocycles. The molecule has 0 radical (unpaired) electrons. The molecule has 0 spiro atoms. The molecule has 19 heavy (non-hydrogen) atoms. The van der Waals surface area contributed by atoms with E-state index in [9.17, 15) is 4.79 Å². The normalized spacial score (nSPS) is 15.4. The van der Waals surface area contributed by atoms with Gasteiger partial charge >= 0.3 is 5.97 Å². The summed E-state index contributed by atoms with van der Waals surface area (Å²) in [6.07, 6.45) is 3.52. The molecule has 1 fully saturated rings. The van der Waals surface area contributed by atoms with Crippen molar-refractivity contribution in [2.24, 2.45) is 0 Å². The minimum atomic E-state index is -0.821. The second-order valence-electron chi connectivity index (χ2n) is 4.71. The molecule has 1 aliphatic rings. The number of benzene rings is 1. The molecule has 98 valence electrons. The number of aromatic nitrogens is 2. The first-order valence-electron chi connectivity index (χ1n) is 6.35. The van der Waals surface area contributed by atoms with Crippen molar-refractivity contribution >= 4 is 28.6 Å². The van der Waals surface area contributed by atoms with Gasteiger partial charge in [0, 0.05) is 11.3 Å². The molecule has 2 aromatic rings. The van der Waals surface area contributed by atoms with Crippen LogP contribution in [-0.4, -0.2) is 26.8 Å². The van der Waals surface area contributed by atoms with Crippen molar-refractivity contribution in [3.63, 3.8) is 0 Å². The third-order valence-corrected chi connectivity index (χ3v) is 4.36. The van der Waals surface area contributed by atoms with Gasteiger partial charge in [-0.3, -0.25) is 4.79 Å². The van der Waals surface area contributed by atoms with E-state index in [1.54, 1.807) is 0 Å². The van der Waals surface area contributed by atoms with Crippen molar-refractivity contribution in [3.05, 3.63) is 30.1 Å². The Labute approximate surface area is 115 Å². The van der Waals surface area contributed by atoms with Gasteiger partial charge in [0.05, 0.1) is 11.3 Å². The average molecular weight is 274 g/mol. The van der Waals surface area contributed by atoms with Gasteiger partial charge < -0.3 is 5.11 Å². The number of carbonyl (C=O) groups is 1. The molecule has 0 bridgehead atoms. The molecule has 4 nitrogen and oxygen atoms in total. The Balaban J connectivity index is 2.02. The van der Waals surface area contributed by atoms with Crippen LogP contribution in [0.2, 0.25) is 0 Å². The largest absolute Gasteiger partial charge is 0.481 e. The molecule has 0 aliphatic heterocycles. The van der Waals surface area contributed by atoms with Crippen molar-refractivity contribution in [2.45, 2.75) is 30.2 Å². The standard InChI is InChI=1S/C14H14N2O2S/c17-12(18)8-19-14-10-6-1-2-7-11(10)15-13(16-14)9-4-3-5-9/h1-2,6-7,9H,3-5,8H2,(H,17,18). The summed E-state index contributed by atoms with van der Waals surface area (Å²) < 4.78 is 0. The van der Waals surface area contributed by atoms with Crippen molar-refractivity contribution in [2.75, 3.05) is 5.75 Å². The van der Waals surface area contributed by atoms with E-state index in [4.69, 9.17) is 5.11 Å². The highest BCUT2D eigenvalue weighted by Crippen LogP contribution is 2.36. The molecular formula is C14H14N2O2S. The Hall–Kier alpha value is -1.62. The van der Waals surface area contributed by atoms with Crippen LogP contribution in [0.4, 0.5) is 0 Å². The highest BCUT2D eigenvalue weighted by molar-refractivity contribution is 8.00. The molecule has 1 aromatic heterocycles. The number of carboxylic acids is 1. The molecule has 5 heteroatoms. The van der Waals surface area contributed by atoms with Gasteiger partial charge in [0.1, 0.15) is 10.9 Å². The van der Waals surface area contributed by atoms with Gasteiger partial charge in [-0.15, -0.1) is 0 Å².